The van der Waals surface area contributed by atoms with Crippen LogP contribution in [0.3, 0.4) is 0 Å². The molecule has 4 heteroatoms. The van der Waals surface area contributed by atoms with Gasteiger partial charge in [-0.25, -0.2) is 0 Å². The van der Waals surface area contributed by atoms with Gasteiger partial charge in [-0.15, -0.1) is 0 Å². The summed E-state index contributed by atoms with van der Waals surface area (Å²) < 4.78 is 10.5. The average molecular weight is 311 g/mol. The highest BCUT2D eigenvalue weighted by Gasteiger charge is 2.28. The van der Waals surface area contributed by atoms with Crippen LogP contribution in [-0.2, 0) is 6.42 Å². The molecule has 0 saturated carbocycles. The van der Waals surface area contributed by atoms with Crippen LogP contribution < -0.4 is 9.47 Å². The van der Waals surface area contributed by atoms with Gasteiger partial charge in [-0.05, 0) is 54.8 Å². The van der Waals surface area contributed by atoms with Gasteiger partial charge in [0.2, 0.25) is 0 Å². The Hall–Kier alpha value is -2.49. The molecule has 0 aliphatic carbocycles. The van der Waals surface area contributed by atoms with E-state index in [1.807, 2.05) is 35.2 Å². The number of hydrogen-bond donors (Lipinski definition) is 0. The fourth-order valence-electron chi connectivity index (χ4n) is 3.12. The first-order chi connectivity index (χ1) is 11.1. The second kappa shape index (κ2) is 6.32. The van der Waals surface area contributed by atoms with Crippen molar-refractivity contribution in [2.24, 2.45) is 0 Å². The zero-order valence-electron chi connectivity index (χ0n) is 13.7. The molecule has 120 valence electrons. The van der Waals surface area contributed by atoms with E-state index in [1.54, 1.807) is 20.3 Å². The van der Waals surface area contributed by atoms with Crippen molar-refractivity contribution in [3.8, 4) is 11.5 Å². The summed E-state index contributed by atoms with van der Waals surface area (Å²) in [5.74, 6) is 1.55. The predicted octanol–water partition coefficient (Wildman–Crippen LogP) is 3.46. The molecule has 2 aromatic carbocycles. The van der Waals surface area contributed by atoms with Crippen LogP contribution in [0.1, 0.15) is 34.5 Å². The first-order valence-electron chi connectivity index (χ1n) is 7.76. The van der Waals surface area contributed by atoms with Crippen LogP contribution in [0.4, 0.5) is 0 Å². The molecule has 3 rings (SSSR count). The third-order valence-electron chi connectivity index (χ3n) is 4.47. The lowest BCUT2D eigenvalue weighted by atomic mass is 9.92. The Labute approximate surface area is 136 Å². The van der Waals surface area contributed by atoms with Crippen molar-refractivity contribution < 1.29 is 14.3 Å². The van der Waals surface area contributed by atoms with Crippen LogP contribution in [-0.4, -0.2) is 31.6 Å². The lowest BCUT2D eigenvalue weighted by Crippen LogP contribution is -2.38. The summed E-state index contributed by atoms with van der Waals surface area (Å²) in [6.45, 7) is 2.78. The fraction of sp³-hybridized carbons (Fsp3) is 0.316. The van der Waals surface area contributed by atoms with Crippen molar-refractivity contribution in [1.82, 2.24) is 4.90 Å². The topological polar surface area (TPSA) is 38.8 Å². The lowest BCUT2D eigenvalue weighted by molar-refractivity contribution is 0.0677. The molecule has 0 aromatic heterocycles. The smallest absolute Gasteiger partial charge is 0.254 e. The molecule has 0 bridgehead atoms. The van der Waals surface area contributed by atoms with Crippen molar-refractivity contribution in [1.29, 1.82) is 0 Å². The number of carbonyl (C=O) groups is 1. The van der Waals surface area contributed by atoms with Crippen molar-refractivity contribution in [2.75, 3.05) is 20.8 Å². The molecule has 0 N–H and O–H groups in total. The van der Waals surface area contributed by atoms with Gasteiger partial charge in [0.1, 0.15) is 11.5 Å². The fourth-order valence-corrected chi connectivity index (χ4v) is 3.12. The Balaban J connectivity index is 1.90. The Morgan fingerprint density at radius 2 is 1.83 bits per heavy atom. The van der Waals surface area contributed by atoms with Crippen LogP contribution in [0.2, 0.25) is 0 Å². The first kappa shape index (κ1) is 15.4. The molecule has 1 heterocycles. The van der Waals surface area contributed by atoms with E-state index in [0.717, 1.165) is 24.3 Å². The van der Waals surface area contributed by atoms with Gasteiger partial charge < -0.3 is 14.4 Å². The summed E-state index contributed by atoms with van der Waals surface area (Å²) in [4.78, 5) is 14.8. The zero-order valence-corrected chi connectivity index (χ0v) is 13.7. The van der Waals surface area contributed by atoms with Crippen LogP contribution >= 0.6 is 0 Å². The summed E-state index contributed by atoms with van der Waals surface area (Å²) in [7, 11) is 3.27. The van der Waals surface area contributed by atoms with Crippen molar-refractivity contribution in [3.63, 3.8) is 0 Å². The van der Waals surface area contributed by atoms with E-state index >= 15 is 0 Å². The highest BCUT2D eigenvalue weighted by atomic mass is 16.5. The minimum Gasteiger partial charge on any atom is -0.497 e. The normalized spacial score (nSPS) is 16.7. The summed E-state index contributed by atoms with van der Waals surface area (Å²) in [6.07, 6.45) is 0.860. The molecule has 0 spiro atoms. The Morgan fingerprint density at radius 1 is 1.09 bits per heavy atom. The number of amides is 1. The van der Waals surface area contributed by atoms with Crippen LogP contribution in [0.15, 0.2) is 42.5 Å². The van der Waals surface area contributed by atoms with Gasteiger partial charge >= 0.3 is 0 Å². The van der Waals surface area contributed by atoms with E-state index in [9.17, 15) is 4.79 Å². The standard InChI is InChI=1S/C19H21NO3/c1-13-18-12-17(23-3)8-7-14(18)9-10-20(13)19(21)15-5-4-6-16(11-15)22-2/h4-8,11-13H,9-10H2,1-3H3. The lowest BCUT2D eigenvalue weighted by Gasteiger charge is -2.35. The second-order valence-electron chi connectivity index (χ2n) is 5.72. The maximum Gasteiger partial charge on any atom is 0.254 e. The number of benzene rings is 2. The Bertz CT molecular complexity index is 726. The molecule has 2 aromatic rings. The van der Waals surface area contributed by atoms with E-state index in [4.69, 9.17) is 9.47 Å². The number of fused-ring (bicyclic) bond motifs is 1. The van der Waals surface area contributed by atoms with E-state index in [0.29, 0.717) is 11.3 Å². The van der Waals surface area contributed by atoms with Crippen molar-refractivity contribution >= 4 is 5.91 Å². The average Bonchev–Trinajstić information content (AvgIpc) is 2.61. The molecule has 1 atom stereocenters. The molecule has 1 amide bonds. The molecule has 0 fully saturated rings. The number of rotatable bonds is 3. The monoisotopic (exact) mass is 311 g/mol. The van der Waals surface area contributed by atoms with Crippen LogP contribution in [0.25, 0.3) is 0 Å². The molecule has 23 heavy (non-hydrogen) atoms. The number of methoxy groups -OCH3 is 2. The maximum absolute atomic E-state index is 12.9. The SMILES string of the molecule is COc1cccc(C(=O)N2CCc3ccc(OC)cc3C2C)c1. The van der Waals surface area contributed by atoms with Gasteiger partial charge in [-0.2, -0.15) is 0 Å². The Morgan fingerprint density at radius 3 is 2.57 bits per heavy atom. The van der Waals surface area contributed by atoms with Crippen molar-refractivity contribution in [3.05, 3.63) is 59.2 Å². The summed E-state index contributed by atoms with van der Waals surface area (Å²) in [6, 6.07) is 13.4. The van der Waals surface area contributed by atoms with Crippen LogP contribution in [0.5, 0.6) is 11.5 Å². The highest BCUT2D eigenvalue weighted by Crippen LogP contribution is 2.33. The van der Waals surface area contributed by atoms with Crippen LogP contribution in [0, 0.1) is 0 Å². The van der Waals surface area contributed by atoms with Crippen molar-refractivity contribution in [2.45, 2.75) is 19.4 Å². The molecule has 0 radical (unpaired) electrons. The van der Waals surface area contributed by atoms with Gasteiger partial charge in [0.05, 0.1) is 20.3 Å². The van der Waals surface area contributed by atoms with Gasteiger partial charge in [0.25, 0.3) is 5.91 Å². The highest BCUT2D eigenvalue weighted by molar-refractivity contribution is 5.95. The van der Waals surface area contributed by atoms with E-state index in [2.05, 4.69) is 13.0 Å². The minimum absolute atomic E-state index is 0.0209. The van der Waals surface area contributed by atoms with Gasteiger partial charge in [0.15, 0.2) is 0 Å². The minimum atomic E-state index is 0.0209. The third kappa shape index (κ3) is 2.89. The molecule has 1 aliphatic rings. The first-order valence-corrected chi connectivity index (χ1v) is 7.76. The number of ether oxygens (including phenoxy) is 2. The van der Waals surface area contributed by atoms with Gasteiger partial charge in [-0.1, -0.05) is 12.1 Å². The van der Waals surface area contributed by atoms with E-state index < -0.39 is 0 Å². The summed E-state index contributed by atoms with van der Waals surface area (Å²) >= 11 is 0. The number of carbonyl (C=O) groups excluding carboxylic acids is 1. The maximum atomic E-state index is 12.9. The quantitative estimate of drug-likeness (QED) is 0.871. The van der Waals surface area contributed by atoms with E-state index in [-0.39, 0.29) is 11.9 Å². The van der Waals surface area contributed by atoms with Gasteiger partial charge in [-0.3, -0.25) is 4.79 Å². The molecule has 0 saturated heterocycles. The molecular formula is C19H21NO3. The number of nitrogens with zero attached hydrogens (tertiary/aromatic N) is 1. The summed E-state index contributed by atoms with van der Waals surface area (Å²) in [5, 5.41) is 0. The largest absolute Gasteiger partial charge is 0.497 e. The zero-order chi connectivity index (χ0) is 16.4. The molecule has 4 nitrogen and oxygen atoms in total. The van der Waals surface area contributed by atoms with Gasteiger partial charge in [0, 0.05) is 12.1 Å². The molecule has 1 aliphatic heterocycles. The predicted molar refractivity (Wildman–Crippen MR) is 89.1 cm³/mol. The molecule has 1 unspecified atom stereocenters. The van der Waals surface area contributed by atoms with E-state index in [1.165, 1.54) is 5.56 Å². The third-order valence-corrected chi connectivity index (χ3v) is 4.47. The molecular weight excluding hydrogens is 290 g/mol. The number of hydrogen-bond acceptors (Lipinski definition) is 3. The Kier molecular flexibility index (Phi) is 4.24. The second-order valence-corrected chi connectivity index (χ2v) is 5.72. The summed E-state index contributed by atoms with van der Waals surface area (Å²) in [5.41, 5.74) is 3.10.